The molecule has 1 N–H and O–H groups in total. The lowest BCUT2D eigenvalue weighted by Crippen LogP contribution is -2.49. The molecule has 1 fully saturated rings. The molecule has 0 saturated carbocycles. The Morgan fingerprint density at radius 3 is 2.11 bits per heavy atom. The standard InChI is InChI=1S/C24H21ClF5N5O/c25-20-21(23(36)34-11-9-33(10-12-34)17-7-5-16(27)6-8-17)32-35-19(24(28,29)30)13-18(31-22(20)35)14-1-3-15(26)4-2-14/h1-8,18-19,31H,9-13H2/t18-,19+/m1/s1. The van der Waals surface area contributed by atoms with E-state index in [0.717, 1.165) is 10.4 Å². The fourth-order valence-electron chi connectivity index (χ4n) is 4.61. The molecule has 12 heteroatoms. The molecule has 0 unspecified atom stereocenters. The van der Waals surface area contributed by atoms with Crippen LogP contribution in [0.1, 0.15) is 34.6 Å². The average molecular weight is 526 g/mol. The van der Waals surface area contributed by atoms with E-state index < -0.39 is 36.4 Å². The topological polar surface area (TPSA) is 53.4 Å². The van der Waals surface area contributed by atoms with Gasteiger partial charge in [-0.2, -0.15) is 18.3 Å². The molecule has 3 aromatic rings. The van der Waals surface area contributed by atoms with Crippen molar-refractivity contribution in [2.75, 3.05) is 36.4 Å². The van der Waals surface area contributed by atoms with Gasteiger partial charge in [-0.05, 0) is 42.0 Å². The summed E-state index contributed by atoms with van der Waals surface area (Å²) < 4.78 is 69.2. The molecular formula is C24H21ClF5N5O. The molecule has 2 atom stereocenters. The fourth-order valence-corrected chi connectivity index (χ4v) is 4.87. The first-order valence-electron chi connectivity index (χ1n) is 11.3. The summed E-state index contributed by atoms with van der Waals surface area (Å²) in [4.78, 5) is 16.7. The van der Waals surface area contributed by atoms with Gasteiger partial charge in [0.1, 0.15) is 22.5 Å². The van der Waals surface area contributed by atoms with Gasteiger partial charge in [0.25, 0.3) is 5.91 Å². The minimum absolute atomic E-state index is 0.104. The Bertz CT molecular complexity index is 1250. The quantitative estimate of drug-likeness (QED) is 0.463. The Morgan fingerprint density at radius 2 is 1.53 bits per heavy atom. The first kappa shape index (κ1) is 24.4. The van der Waals surface area contributed by atoms with Crippen molar-refractivity contribution in [3.8, 4) is 0 Å². The number of anilines is 2. The summed E-state index contributed by atoms with van der Waals surface area (Å²) in [6.45, 7) is 1.50. The smallest absolute Gasteiger partial charge is 0.368 e. The minimum Gasteiger partial charge on any atom is -0.368 e. The molecule has 0 aliphatic carbocycles. The number of piperazine rings is 1. The van der Waals surface area contributed by atoms with Crippen molar-refractivity contribution in [2.45, 2.75) is 24.7 Å². The van der Waals surface area contributed by atoms with Crippen LogP contribution in [0.2, 0.25) is 5.02 Å². The number of nitrogens with zero attached hydrogens (tertiary/aromatic N) is 4. The largest absolute Gasteiger partial charge is 0.410 e. The van der Waals surface area contributed by atoms with E-state index in [4.69, 9.17) is 11.6 Å². The highest BCUT2D eigenvalue weighted by Gasteiger charge is 2.48. The second-order valence-corrected chi connectivity index (χ2v) is 9.13. The van der Waals surface area contributed by atoms with Crippen molar-refractivity contribution in [3.05, 3.63) is 76.4 Å². The summed E-state index contributed by atoms with van der Waals surface area (Å²) >= 11 is 6.42. The molecule has 1 amide bonds. The number of amides is 1. The highest BCUT2D eigenvalue weighted by Crippen LogP contribution is 2.46. The van der Waals surface area contributed by atoms with Gasteiger partial charge in [-0.3, -0.25) is 4.79 Å². The zero-order valence-corrected chi connectivity index (χ0v) is 19.5. The maximum atomic E-state index is 14.0. The van der Waals surface area contributed by atoms with Crippen LogP contribution in [0.15, 0.2) is 48.5 Å². The average Bonchev–Trinajstić information content (AvgIpc) is 3.19. The van der Waals surface area contributed by atoms with Gasteiger partial charge in [0.2, 0.25) is 0 Å². The number of carbonyl (C=O) groups excluding carboxylic acids is 1. The van der Waals surface area contributed by atoms with E-state index >= 15 is 0 Å². The van der Waals surface area contributed by atoms with Gasteiger partial charge in [0.05, 0.1) is 6.04 Å². The van der Waals surface area contributed by atoms with Gasteiger partial charge in [0.15, 0.2) is 11.7 Å². The maximum absolute atomic E-state index is 14.0. The van der Waals surface area contributed by atoms with E-state index in [9.17, 15) is 26.7 Å². The summed E-state index contributed by atoms with van der Waals surface area (Å²) in [6, 6.07) is 8.35. The molecule has 0 spiro atoms. The van der Waals surface area contributed by atoms with Crippen molar-refractivity contribution in [2.24, 2.45) is 0 Å². The Labute approximate surface area is 208 Å². The summed E-state index contributed by atoms with van der Waals surface area (Å²) in [5.74, 6) is -1.52. The van der Waals surface area contributed by atoms with Crippen LogP contribution in [0.3, 0.4) is 0 Å². The number of hydrogen-bond donors (Lipinski definition) is 1. The lowest BCUT2D eigenvalue weighted by Gasteiger charge is -2.35. The Balaban J connectivity index is 1.38. The van der Waals surface area contributed by atoms with Crippen LogP contribution in [0.4, 0.5) is 33.5 Å². The predicted molar refractivity (Wildman–Crippen MR) is 124 cm³/mol. The van der Waals surface area contributed by atoms with Crippen LogP contribution in [-0.2, 0) is 0 Å². The summed E-state index contributed by atoms with van der Waals surface area (Å²) in [5, 5.41) is 6.76. The number of fused-ring (bicyclic) bond motifs is 1. The number of aromatic nitrogens is 2. The van der Waals surface area contributed by atoms with Crippen molar-refractivity contribution >= 4 is 29.0 Å². The van der Waals surface area contributed by atoms with Crippen molar-refractivity contribution in [3.63, 3.8) is 0 Å². The summed E-state index contributed by atoms with van der Waals surface area (Å²) in [5.41, 5.74) is 1.01. The van der Waals surface area contributed by atoms with Gasteiger partial charge >= 0.3 is 6.18 Å². The molecule has 190 valence electrons. The molecule has 0 radical (unpaired) electrons. The van der Waals surface area contributed by atoms with Gasteiger partial charge < -0.3 is 15.1 Å². The van der Waals surface area contributed by atoms with Crippen molar-refractivity contribution < 1.29 is 26.7 Å². The third kappa shape index (κ3) is 4.59. The third-order valence-electron chi connectivity index (χ3n) is 6.53. The van der Waals surface area contributed by atoms with Crippen LogP contribution < -0.4 is 10.2 Å². The number of benzene rings is 2. The van der Waals surface area contributed by atoms with Crippen LogP contribution in [-0.4, -0.2) is 52.9 Å². The van der Waals surface area contributed by atoms with Gasteiger partial charge in [-0.15, -0.1) is 0 Å². The van der Waals surface area contributed by atoms with Crippen LogP contribution in [0, 0.1) is 11.6 Å². The van der Waals surface area contributed by atoms with E-state index in [1.54, 1.807) is 12.1 Å². The molecule has 1 saturated heterocycles. The summed E-state index contributed by atoms with van der Waals surface area (Å²) in [7, 11) is 0. The first-order chi connectivity index (χ1) is 17.1. The summed E-state index contributed by atoms with van der Waals surface area (Å²) in [6.07, 6.45) is -5.05. The lowest BCUT2D eigenvalue weighted by molar-refractivity contribution is -0.173. The SMILES string of the molecule is O=C(c1nn2c(c1Cl)N[C@@H](c1ccc(F)cc1)C[C@H]2C(F)(F)F)N1CCN(c2ccc(F)cc2)CC1. The number of nitrogens with one attached hydrogen (secondary N) is 1. The Kier molecular flexibility index (Phi) is 6.27. The molecule has 36 heavy (non-hydrogen) atoms. The maximum Gasteiger partial charge on any atom is 0.410 e. The number of halogens is 6. The number of hydrogen-bond acceptors (Lipinski definition) is 4. The zero-order valence-electron chi connectivity index (χ0n) is 18.8. The third-order valence-corrected chi connectivity index (χ3v) is 6.89. The van der Waals surface area contributed by atoms with Crippen LogP contribution in [0.25, 0.3) is 0 Å². The molecule has 2 aliphatic heterocycles. The van der Waals surface area contributed by atoms with Gasteiger partial charge in [-0.1, -0.05) is 23.7 Å². The molecule has 5 rings (SSSR count). The van der Waals surface area contributed by atoms with Gasteiger partial charge in [-0.25, -0.2) is 13.5 Å². The highest BCUT2D eigenvalue weighted by atomic mass is 35.5. The molecule has 1 aromatic heterocycles. The van der Waals surface area contributed by atoms with E-state index in [1.807, 2.05) is 4.90 Å². The molecular weight excluding hydrogens is 505 g/mol. The number of rotatable bonds is 3. The Morgan fingerprint density at radius 1 is 0.944 bits per heavy atom. The van der Waals surface area contributed by atoms with Gasteiger partial charge in [0, 0.05) is 38.3 Å². The highest BCUT2D eigenvalue weighted by molar-refractivity contribution is 6.36. The van der Waals surface area contributed by atoms with E-state index in [-0.39, 0.29) is 22.4 Å². The second kappa shape index (κ2) is 9.27. The minimum atomic E-state index is -4.65. The molecule has 2 aliphatic rings. The molecule has 2 aromatic carbocycles. The number of alkyl halides is 3. The zero-order chi connectivity index (χ0) is 25.6. The lowest BCUT2D eigenvalue weighted by atomic mass is 9.97. The second-order valence-electron chi connectivity index (χ2n) is 8.75. The monoisotopic (exact) mass is 525 g/mol. The first-order valence-corrected chi connectivity index (χ1v) is 11.7. The molecule has 0 bridgehead atoms. The normalized spacial score (nSPS) is 20.2. The van der Waals surface area contributed by atoms with E-state index in [1.165, 1.54) is 41.3 Å². The van der Waals surface area contributed by atoms with Crippen LogP contribution in [0.5, 0.6) is 0 Å². The van der Waals surface area contributed by atoms with E-state index in [0.29, 0.717) is 31.7 Å². The van der Waals surface area contributed by atoms with Crippen LogP contribution >= 0.6 is 11.6 Å². The molecule has 6 nitrogen and oxygen atoms in total. The predicted octanol–water partition coefficient (Wildman–Crippen LogP) is 5.44. The number of carbonyl (C=O) groups is 1. The Hall–Kier alpha value is -3.34. The fraction of sp³-hybridized carbons (Fsp3) is 0.333. The van der Waals surface area contributed by atoms with E-state index in [2.05, 4.69) is 10.4 Å². The van der Waals surface area contributed by atoms with Crippen molar-refractivity contribution in [1.29, 1.82) is 0 Å². The van der Waals surface area contributed by atoms with Crippen molar-refractivity contribution in [1.82, 2.24) is 14.7 Å². The molecule has 3 heterocycles.